The van der Waals surface area contributed by atoms with Crippen molar-refractivity contribution >= 4 is 34.8 Å². The zero-order valence-electron chi connectivity index (χ0n) is 14.1. The number of anilines is 2. The number of carbonyl (C=O) groups is 2. The fourth-order valence-electron chi connectivity index (χ4n) is 2.99. The Morgan fingerprint density at radius 3 is 2.76 bits per heavy atom. The van der Waals surface area contributed by atoms with E-state index < -0.39 is 5.92 Å². The lowest BCUT2D eigenvalue weighted by atomic mass is 10.1. The Hall–Kier alpha value is -2.53. The Morgan fingerprint density at radius 2 is 2.04 bits per heavy atom. The van der Waals surface area contributed by atoms with Crippen LogP contribution in [0.4, 0.5) is 11.4 Å². The van der Waals surface area contributed by atoms with Gasteiger partial charge in [0.15, 0.2) is 0 Å². The van der Waals surface area contributed by atoms with Crippen LogP contribution in [0.1, 0.15) is 12.0 Å². The molecule has 1 aliphatic heterocycles. The summed E-state index contributed by atoms with van der Waals surface area (Å²) in [4.78, 5) is 26.7. The van der Waals surface area contributed by atoms with Crippen molar-refractivity contribution in [3.8, 4) is 5.75 Å². The van der Waals surface area contributed by atoms with E-state index >= 15 is 0 Å². The van der Waals surface area contributed by atoms with E-state index in [2.05, 4.69) is 5.32 Å². The van der Waals surface area contributed by atoms with Gasteiger partial charge in [0.1, 0.15) is 5.75 Å². The van der Waals surface area contributed by atoms with Crippen LogP contribution in [-0.2, 0) is 9.59 Å². The summed E-state index contributed by atoms with van der Waals surface area (Å²) in [6, 6.07) is 12.7. The first-order chi connectivity index (χ1) is 12.0. The van der Waals surface area contributed by atoms with Gasteiger partial charge in [-0.2, -0.15) is 0 Å². The number of hydrogen-bond donors (Lipinski definition) is 1. The molecule has 0 unspecified atom stereocenters. The van der Waals surface area contributed by atoms with Gasteiger partial charge in [0, 0.05) is 23.7 Å². The molecule has 0 spiro atoms. The van der Waals surface area contributed by atoms with E-state index in [-0.39, 0.29) is 18.2 Å². The molecule has 2 aromatic carbocycles. The largest absolute Gasteiger partial charge is 0.495 e. The second-order valence-electron chi connectivity index (χ2n) is 6.03. The minimum absolute atomic E-state index is 0.0486. The number of para-hydroxylation sites is 1. The average Bonchev–Trinajstić information content (AvgIpc) is 2.97. The second-order valence-corrected chi connectivity index (χ2v) is 6.46. The van der Waals surface area contributed by atoms with Crippen molar-refractivity contribution in [1.29, 1.82) is 0 Å². The van der Waals surface area contributed by atoms with Crippen LogP contribution in [-0.4, -0.2) is 25.5 Å². The third kappa shape index (κ3) is 3.61. The predicted molar refractivity (Wildman–Crippen MR) is 98.3 cm³/mol. The summed E-state index contributed by atoms with van der Waals surface area (Å²) in [5.74, 6) is -0.161. The molecule has 0 aliphatic carbocycles. The fraction of sp³-hybridized carbons (Fsp3) is 0.263. The summed E-state index contributed by atoms with van der Waals surface area (Å²) in [6.45, 7) is 2.31. The normalized spacial score (nSPS) is 16.8. The van der Waals surface area contributed by atoms with Crippen LogP contribution < -0.4 is 15.0 Å². The summed E-state index contributed by atoms with van der Waals surface area (Å²) in [5, 5.41) is 3.32. The minimum atomic E-state index is -0.421. The molecular weight excluding hydrogens is 340 g/mol. The molecule has 0 saturated carbocycles. The predicted octanol–water partition coefficient (Wildman–Crippen LogP) is 3.65. The third-order valence-corrected chi connectivity index (χ3v) is 4.56. The van der Waals surface area contributed by atoms with Gasteiger partial charge in [-0.15, -0.1) is 0 Å². The lowest BCUT2D eigenvalue weighted by Gasteiger charge is -2.19. The Kier molecular flexibility index (Phi) is 4.95. The van der Waals surface area contributed by atoms with E-state index in [1.165, 1.54) is 7.11 Å². The number of nitrogens with one attached hydrogen (secondary N) is 1. The molecule has 1 atom stereocenters. The number of ether oxygens (including phenoxy) is 1. The van der Waals surface area contributed by atoms with E-state index in [1.807, 2.05) is 31.2 Å². The molecule has 1 heterocycles. The van der Waals surface area contributed by atoms with Crippen molar-refractivity contribution in [2.24, 2.45) is 5.92 Å². The second kappa shape index (κ2) is 7.15. The van der Waals surface area contributed by atoms with Crippen LogP contribution in [0.2, 0.25) is 5.02 Å². The van der Waals surface area contributed by atoms with Crippen molar-refractivity contribution < 1.29 is 14.3 Å². The highest BCUT2D eigenvalue weighted by Crippen LogP contribution is 2.31. The summed E-state index contributed by atoms with van der Waals surface area (Å²) in [7, 11) is 1.53. The summed E-state index contributed by atoms with van der Waals surface area (Å²) >= 11 is 5.99. The van der Waals surface area contributed by atoms with Gasteiger partial charge in [-0.1, -0.05) is 29.8 Å². The molecular formula is C19H19ClN2O3. The van der Waals surface area contributed by atoms with Gasteiger partial charge in [-0.3, -0.25) is 9.59 Å². The molecule has 1 fully saturated rings. The molecule has 2 aromatic rings. The van der Waals surface area contributed by atoms with Crippen LogP contribution in [0.3, 0.4) is 0 Å². The number of hydrogen-bond acceptors (Lipinski definition) is 3. The first-order valence-corrected chi connectivity index (χ1v) is 8.38. The first kappa shape index (κ1) is 17.3. The lowest BCUT2D eigenvalue weighted by Crippen LogP contribution is -2.28. The summed E-state index contributed by atoms with van der Waals surface area (Å²) < 4.78 is 5.24. The van der Waals surface area contributed by atoms with Gasteiger partial charge in [-0.25, -0.2) is 0 Å². The van der Waals surface area contributed by atoms with E-state index in [1.54, 1.807) is 23.1 Å². The molecule has 1 aliphatic rings. The number of methoxy groups -OCH3 is 1. The van der Waals surface area contributed by atoms with E-state index in [0.717, 1.165) is 11.3 Å². The van der Waals surface area contributed by atoms with Gasteiger partial charge < -0.3 is 15.0 Å². The van der Waals surface area contributed by atoms with E-state index in [0.29, 0.717) is 23.0 Å². The number of benzene rings is 2. The number of nitrogens with zero attached hydrogens (tertiary/aromatic N) is 1. The Labute approximate surface area is 151 Å². The van der Waals surface area contributed by atoms with Crippen molar-refractivity contribution in [3.05, 3.63) is 53.1 Å². The van der Waals surface area contributed by atoms with Gasteiger partial charge in [0.2, 0.25) is 11.8 Å². The molecule has 6 heteroatoms. The van der Waals surface area contributed by atoms with Gasteiger partial charge in [-0.05, 0) is 36.8 Å². The van der Waals surface area contributed by atoms with Crippen molar-refractivity contribution in [2.45, 2.75) is 13.3 Å². The standard InChI is InChI=1S/C19H19ClN2O3/c1-12-5-3-4-6-16(12)22-11-13(9-18(22)23)19(24)21-15-10-14(20)7-8-17(15)25-2/h3-8,10,13H,9,11H2,1-2H3,(H,21,24)/t13-/m0/s1. The Morgan fingerprint density at radius 1 is 1.28 bits per heavy atom. The van der Waals surface area contributed by atoms with Gasteiger partial charge >= 0.3 is 0 Å². The molecule has 130 valence electrons. The highest BCUT2D eigenvalue weighted by atomic mass is 35.5. The van der Waals surface area contributed by atoms with Crippen molar-refractivity contribution in [1.82, 2.24) is 0 Å². The molecule has 3 rings (SSSR count). The summed E-state index contributed by atoms with van der Waals surface area (Å²) in [6.07, 6.45) is 0.184. The van der Waals surface area contributed by atoms with Crippen LogP contribution in [0.15, 0.2) is 42.5 Å². The number of aryl methyl sites for hydroxylation is 1. The van der Waals surface area contributed by atoms with E-state index in [9.17, 15) is 9.59 Å². The van der Waals surface area contributed by atoms with Crippen molar-refractivity contribution in [2.75, 3.05) is 23.9 Å². The first-order valence-electron chi connectivity index (χ1n) is 8.00. The Bertz CT molecular complexity index is 822. The lowest BCUT2D eigenvalue weighted by molar-refractivity contribution is -0.122. The molecule has 1 saturated heterocycles. The van der Waals surface area contributed by atoms with Crippen molar-refractivity contribution in [3.63, 3.8) is 0 Å². The highest BCUT2D eigenvalue weighted by molar-refractivity contribution is 6.31. The smallest absolute Gasteiger partial charge is 0.229 e. The van der Waals surface area contributed by atoms with Crippen LogP contribution >= 0.6 is 11.6 Å². The number of carbonyl (C=O) groups excluding carboxylic acids is 2. The van der Waals surface area contributed by atoms with Crippen LogP contribution in [0, 0.1) is 12.8 Å². The number of rotatable bonds is 4. The Balaban J connectivity index is 1.75. The maximum Gasteiger partial charge on any atom is 0.229 e. The maximum absolute atomic E-state index is 12.6. The topological polar surface area (TPSA) is 58.6 Å². The highest BCUT2D eigenvalue weighted by Gasteiger charge is 2.35. The monoisotopic (exact) mass is 358 g/mol. The molecule has 0 radical (unpaired) electrons. The quantitative estimate of drug-likeness (QED) is 0.907. The molecule has 1 N–H and O–H groups in total. The maximum atomic E-state index is 12.6. The van der Waals surface area contributed by atoms with Gasteiger partial charge in [0.05, 0.1) is 18.7 Å². The number of halogens is 1. The molecule has 2 amide bonds. The SMILES string of the molecule is COc1ccc(Cl)cc1NC(=O)[C@H]1CC(=O)N(c2ccccc2C)C1. The molecule has 0 aromatic heterocycles. The zero-order valence-corrected chi connectivity index (χ0v) is 14.8. The van der Waals surface area contributed by atoms with E-state index in [4.69, 9.17) is 16.3 Å². The zero-order chi connectivity index (χ0) is 18.0. The summed E-state index contributed by atoms with van der Waals surface area (Å²) in [5.41, 5.74) is 2.36. The number of amides is 2. The fourth-order valence-corrected chi connectivity index (χ4v) is 3.17. The third-order valence-electron chi connectivity index (χ3n) is 4.32. The molecule has 25 heavy (non-hydrogen) atoms. The van der Waals surface area contributed by atoms with Crippen LogP contribution in [0.25, 0.3) is 0 Å². The van der Waals surface area contributed by atoms with Gasteiger partial charge in [0.25, 0.3) is 0 Å². The molecule has 0 bridgehead atoms. The minimum Gasteiger partial charge on any atom is -0.495 e. The van der Waals surface area contributed by atoms with Crippen LogP contribution in [0.5, 0.6) is 5.75 Å². The molecule has 5 nitrogen and oxygen atoms in total. The average molecular weight is 359 g/mol.